The quantitative estimate of drug-likeness (QED) is 0.306. The number of ether oxygens (including phenoxy) is 1. The van der Waals surface area contributed by atoms with Crippen LogP contribution in [0.5, 0.6) is 5.75 Å². The summed E-state index contributed by atoms with van der Waals surface area (Å²) in [5, 5.41) is 7.86. The molecule has 1 aromatic heterocycles. The molecule has 1 atom stereocenters. The van der Waals surface area contributed by atoms with Gasteiger partial charge in [0.25, 0.3) is 0 Å². The van der Waals surface area contributed by atoms with Crippen LogP contribution in [-0.4, -0.2) is 43.7 Å². The zero-order chi connectivity index (χ0) is 20.6. The first-order valence-electron chi connectivity index (χ1n) is 9.78. The fourth-order valence-corrected chi connectivity index (χ4v) is 4.11. The molecular weight excluding hydrogens is 523 g/mol. The van der Waals surface area contributed by atoms with Gasteiger partial charge in [-0.3, -0.25) is 4.99 Å². The molecule has 0 radical (unpaired) electrons. The van der Waals surface area contributed by atoms with Crippen molar-refractivity contribution in [2.45, 2.75) is 45.4 Å². The summed E-state index contributed by atoms with van der Waals surface area (Å²) in [4.78, 5) is 12.3. The van der Waals surface area contributed by atoms with Crippen molar-refractivity contribution in [1.29, 1.82) is 0 Å². The minimum absolute atomic E-state index is 0. The minimum atomic E-state index is -2.80. The van der Waals surface area contributed by atoms with E-state index >= 15 is 0 Å². The standard InChI is InChI=1S/C20H27F2N5OS.HI/c1-3-17-11-24-18(29-17)12-25-20(23-2)26-14-5-4-10-27(13-14)15-6-8-16(9-7-15)28-19(21)22;/h6-9,11,14,19H,3-5,10,12-13H2,1-2H3,(H2,23,25,26);1H. The van der Waals surface area contributed by atoms with Gasteiger partial charge in [-0.25, -0.2) is 4.98 Å². The zero-order valence-corrected chi connectivity index (χ0v) is 20.3. The van der Waals surface area contributed by atoms with Gasteiger partial charge in [0.2, 0.25) is 0 Å². The van der Waals surface area contributed by atoms with Crippen molar-refractivity contribution in [3.05, 3.63) is 40.3 Å². The summed E-state index contributed by atoms with van der Waals surface area (Å²) in [6.45, 7) is 1.71. The minimum Gasteiger partial charge on any atom is -0.435 e. The first kappa shape index (κ1) is 24.6. The Bertz CT molecular complexity index is 803. The zero-order valence-electron chi connectivity index (χ0n) is 17.1. The van der Waals surface area contributed by atoms with Crippen LogP contribution in [0.3, 0.4) is 0 Å². The Morgan fingerprint density at radius 3 is 2.77 bits per heavy atom. The molecule has 1 fully saturated rings. The fourth-order valence-electron chi connectivity index (χ4n) is 3.31. The van der Waals surface area contributed by atoms with E-state index in [1.165, 1.54) is 4.88 Å². The molecule has 0 aliphatic carbocycles. The van der Waals surface area contributed by atoms with Crippen molar-refractivity contribution in [2.75, 3.05) is 25.0 Å². The molecule has 30 heavy (non-hydrogen) atoms. The number of guanidine groups is 1. The second-order valence-electron chi connectivity index (χ2n) is 6.80. The summed E-state index contributed by atoms with van der Waals surface area (Å²) >= 11 is 1.71. The van der Waals surface area contributed by atoms with E-state index < -0.39 is 6.61 Å². The molecule has 2 N–H and O–H groups in total. The first-order chi connectivity index (χ1) is 14.1. The Labute approximate surface area is 197 Å². The molecule has 1 aromatic carbocycles. The van der Waals surface area contributed by atoms with Crippen molar-refractivity contribution in [3.63, 3.8) is 0 Å². The van der Waals surface area contributed by atoms with Crippen LogP contribution in [-0.2, 0) is 13.0 Å². The monoisotopic (exact) mass is 551 g/mol. The summed E-state index contributed by atoms with van der Waals surface area (Å²) in [5.41, 5.74) is 0.996. The molecule has 1 aliphatic rings. The lowest BCUT2D eigenvalue weighted by Gasteiger charge is -2.35. The van der Waals surface area contributed by atoms with E-state index in [1.54, 1.807) is 30.5 Å². The predicted molar refractivity (Wildman–Crippen MR) is 129 cm³/mol. The van der Waals surface area contributed by atoms with Gasteiger partial charge in [-0.1, -0.05) is 6.92 Å². The predicted octanol–water partition coefficient (Wildman–Crippen LogP) is 4.26. The Kier molecular flexibility index (Phi) is 10.0. The van der Waals surface area contributed by atoms with Crippen molar-refractivity contribution < 1.29 is 13.5 Å². The average Bonchev–Trinajstić information content (AvgIpc) is 3.19. The van der Waals surface area contributed by atoms with Crippen molar-refractivity contribution in [2.24, 2.45) is 4.99 Å². The number of anilines is 1. The molecule has 166 valence electrons. The van der Waals surface area contributed by atoms with E-state index in [9.17, 15) is 8.78 Å². The Morgan fingerprint density at radius 2 is 2.13 bits per heavy atom. The molecule has 10 heteroatoms. The Balaban J connectivity index is 0.00000320. The highest BCUT2D eigenvalue weighted by molar-refractivity contribution is 14.0. The molecule has 3 rings (SSSR count). The average molecular weight is 551 g/mol. The number of rotatable bonds is 7. The van der Waals surface area contributed by atoms with E-state index in [0.717, 1.165) is 49.0 Å². The Hall–Kier alpha value is -1.69. The largest absolute Gasteiger partial charge is 0.435 e. The molecule has 0 spiro atoms. The van der Waals surface area contributed by atoms with E-state index in [4.69, 9.17) is 0 Å². The number of nitrogens with one attached hydrogen (secondary N) is 2. The van der Waals surface area contributed by atoms with Crippen molar-refractivity contribution >= 4 is 47.0 Å². The lowest BCUT2D eigenvalue weighted by molar-refractivity contribution is -0.0498. The van der Waals surface area contributed by atoms with Gasteiger partial charge in [-0.15, -0.1) is 35.3 Å². The SMILES string of the molecule is CCc1cnc(CNC(=NC)NC2CCCN(c3ccc(OC(F)F)cc3)C2)s1.I. The summed E-state index contributed by atoms with van der Waals surface area (Å²) in [5.74, 6) is 0.930. The fraction of sp³-hybridized carbons (Fsp3) is 0.500. The van der Waals surface area contributed by atoms with Crippen LogP contribution in [0.25, 0.3) is 0 Å². The lowest BCUT2D eigenvalue weighted by atomic mass is 10.0. The highest BCUT2D eigenvalue weighted by Crippen LogP contribution is 2.24. The van der Waals surface area contributed by atoms with Crippen LogP contribution >= 0.6 is 35.3 Å². The molecular formula is C20H28F2IN5OS. The number of hydrogen-bond donors (Lipinski definition) is 2. The van der Waals surface area contributed by atoms with Crippen LogP contribution in [0.4, 0.5) is 14.5 Å². The van der Waals surface area contributed by atoms with Gasteiger partial charge >= 0.3 is 6.61 Å². The normalized spacial score (nSPS) is 16.9. The molecule has 2 heterocycles. The van der Waals surface area contributed by atoms with Gasteiger partial charge < -0.3 is 20.3 Å². The van der Waals surface area contributed by atoms with Crippen LogP contribution in [0, 0.1) is 0 Å². The number of benzene rings is 1. The first-order valence-corrected chi connectivity index (χ1v) is 10.6. The number of halogens is 3. The van der Waals surface area contributed by atoms with Gasteiger partial charge in [-0.2, -0.15) is 8.78 Å². The maximum atomic E-state index is 12.3. The number of nitrogens with zero attached hydrogens (tertiary/aromatic N) is 3. The molecule has 0 bridgehead atoms. The number of hydrogen-bond acceptors (Lipinski definition) is 5. The third-order valence-electron chi connectivity index (χ3n) is 4.77. The van der Waals surface area contributed by atoms with Crippen LogP contribution in [0.2, 0.25) is 0 Å². The van der Waals surface area contributed by atoms with E-state index in [1.807, 2.05) is 18.3 Å². The maximum Gasteiger partial charge on any atom is 0.387 e. The molecule has 1 unspecified atom stereocenters. The highest BCUT2D eigenvalue weighted by Gasteiger charge is 2.21. The van der Waals surface area contributed by atoms with Gasteiger partial charge in [0.1, 0.15) is 10.8 Å². The van der Waals surface area contributed by atoms with Gasteiger partial charge in [0.15, 0.2) is 5.96 Å². The summed E-state index contributed by atoms with van der Waals surface area (Å²) in [6.07, 6.45) is 5.00. The van der Waals surface area contributed by atoms with Crippen LogP contribution in [0.1, 0.15) is 29.7 Å². The van der Waals surface area contributed by atoms with E-state index in [2.05, 4.69) is 37.2 Å². The molecule has 0 amide bonds. The van der Waals surface area contributed by atoms with Crippen LogP contribution < -0.4 is 20.3 Å². The molecule has 0 saturated carbocycles. The summed E-state index contributed by atoms with van der Waals surface area (Å²) in [6, 6.07) is 7.05. The number of aromatic nitrogens is 1. The molecule has 1 aliphatic heterocycles. The third kappa shape index (κ3) is 7.22. The van der Waals surface area contributed by atoms with Crippen LogP contribution in [0.15, 0.2) is 35.5 Å². The number of aryl methyl sites for hydroxylation is 1. The third-order valence-corrected chi connectivity index (χ3v) is 5.91. The molecule has 2 aromatic rings. The van der Waals surface area contributed by atoms with E-state index in [-0.39, 0.29) is 35.8 Å². The number of thiazole rings is 1. The second kappa shape index (κ2) is 12.2. The molecule has 6 nitrogen and oxygen atoms in total. The maximum absolute atomic E-state index is 12.3. The van der Waals surface area contributed by atoms with Gasteiger partial charge in [0.05, 0.1) is 6.54 Å². The number of piperidine rings is 1. The molecule has 1 saturated heterocycles. The number of aliphatic imine (C=N–C) groups is 1. The summed E-state index contributed by atoms with van der Waals surface area (Å²) < 4.78 is 29.0. The lowest BCUT2D eigenvalue weighted by Crippen LogP contribution is -2.51. The van der Waals surface area contributed by atoms with Gasteiger partial charge in [-0.05, 0) is 43.5 Å². The highest BCUT2D eigenvalue weighted by atomic mass is 127. The van der Waals surface area contributed by atoms with Crippen molar-refractivity contribution in [3.8, 4) is 5.75 Å². The van der Waals surface area contributed by atoms with Crippen molar-refractivity contribution in [1.82, 2.24) is 15.6 Å². The smallest absolute Gasteiger partial charge is 0.387 e. The summed E-state index contributed by atoms with van der Waals surface area (Å²) in [7, 11) is 1.76. The van der Waals surface area contributed by atoms with E-state index in [0.29, 0.717) is 6.54 Å². The number of alkyl halides is 2. The second-order valence-corrected chi connectivity index (χ2v) is 8.00. The topological polar surface area (TPSA) is 61.8 Å². The Morgan fingerprint density at radius 1 is 1.37 bits per heavy atom. The van der Waals surface area contributed by atoms with Gasteiger partial charge in [0, 0.05) is 42.9 Å².